The van der Waals surface area contributed by atoms with E-state index in [0.717, 1.165) is 18.5 Å². The third-order valence-corrected chi connectivity index (χ3v) is 2.65. The number of amides is 1. The second-order valence-electron chi connectivity index (χ2n) is 3.96. The van der Waals surface area contributed by atoms with Crippen LogP contribution in [0.25, 0.3) is 0 Å². The molecule has 1 rings (SSSR count). The Bertz CT molecular complexity index is 430. The van der Waals surface area contributed by atoms with E-state index in [1.54, 1.807) is 17.9 Å². The van der Waals surface area contributed by atoms with Crippen LogP contribution in [0.15, 0.2) is 6.20 Å². The molecule has 0 saturated heterocycles. The molecule has 0 aliphatic carbocycles. The van der Waals surface area contributed by atoms with Gasteiger partial charge in [0.2, 0.25) is 0 Å². The lowest BCUT2D eigenvalue weighted by molar-refractivity contribution is 0.0935. The number of carbonyl (C=O) groups is 1. The summed E-state index contributed by atoms with van der Waals surface area (Å²) < 4.78 is 1.64. The van der Waals surface area contributed by atoms with Crippen LogP contribution in [-0.2, 0) is 13.5 Å². The molecule has 1 amide bonds. The molecule has 1 atom stereocenters. The minimum atomic E-state index is -0.142. The first-order chi connectivity index (χ1) is 8.12. The van der Waals surface area contributed by atoms with E-state index in [4.69, 9.17) is 5.26 Å². The smallest absolute Gasteiger partial charge is 0.255 e. The number of nitriles is 1. The highest BCUT2D eigenvalue weighted by Crippen LogP contribution is 2.08. The molecule has 1 N–H and O–H groups in total. The zero-order chi connectivity index (χ0) is 12.8. The van der Waals surface area contributed by atoms with E-state index >= 15 is 0 Å². The number of carbonyl (C=O) groups excluding carboxylic acids is 1. The Morgan fingerprint density at radius 3 is 2.88 bits per heavy atom. The van der Waals surface area contributed by atoms with Gasteiger partial charge in [0, 0.05) is 19.3 Å². The summed E-state index contributed by atoms with van der Waals surface area (Å²) in [6.45, 7) is 3.91. The molecule has 0 aliphatic rings. The summed E-state index contributed by atoms with van der Waals surface area (Å²) in [6.07, 6.45) is 3.52. The van der Waals surface area contributed by atoms with E-state index in [-0.39, 0.29) is 11.9 Å². The first kappa shape index (κ1) is 13.2. The number of aryl methyl sites for hydroxylation is 2. The summed E-state index contributed by atoms with van der Waals surface area (Å²) in [4.78, 5) is 12.0. The van der Waals surface area contributed by atoms with Crippen molar-refractivity contribution in [3.05, 3.63) is 17.5 Å². The third kappa shape index (κ3) is 3.31. The van der Waals surface area contributed by atoms with Gasteiger partial charge in [-0.25, -0.2) is 0 Å². The molecule has 5 heteroatoms. The first-order valence-corrected chi connectivity index (χ1v) is 5.82. The fourth-order valence-corrected chi connectivity index (χ4v) is 1.66. The molecule has 0 radical (unpaired) electrons. The highest BCUT2D eigenvalue weighted by molar-refractivity contribution is 5.95. The Morgan fingerprint density at radius 1 is 1.65 bits per heavy atom. The largest absolute Gasteiger partial charge is 0.348 e. The van der Waals surface area contributed by atoms with Crippen molar-refractivity contribution < 1.29 is 4.79 Å². The van der Waals surface area contributed by atoms with Crippen molar-refractivity contribution in [1.29, 1.82) is 5.26 Å². The topological polar surface area (TPSA) is 70.7 Å². The lowest BCUT2D eigenvalue weighted by Gasteiger charge is -2.13. The van der Waals surface area contributed by atoms with Crippen LogP contribution >= 0.6 is 0 Å². The third-order valence-electron chi connectivity index (χ3n) is 2.65. The molecular weight excluding hydrogens is 216 g/mol. The van der Waals surface area contributed by atoms with Gasteiger partial charge >= 0.3 is 0 Å². The van der Waals surface area contributed by atoms with Gasteiger partial charge < -0.3 is 5.32 Å². The van der Waals surface area contributed by atoms with Gasteiger partial charge in [0.1, 0.15) is 0 Å². The standard InChI is InChI=1S/C12H18N4O/c1-4-9(6-7-13)14-12(17)10-8-16(3)15-11(10)5-2/h8-9H,4-6H2,1-3H3,(H,14,17). The summed E-state index contributed by atoms with van der Waals surface area (Å²) in [5.74, 6) is -0.142. The summed E-state index contributed by atoms with van der Waals surface area (Å²) >= 11 is 0. The number of nitrogens with zero attached hydrogens (tertiary/aromatic N) is 3. The van der Waals surface area contributed by atoms with E-state index in [9.17, 15) is 4.79 Å². The van der Waals surface area contributed by atoms with Gasteiger partial charge in [0.05, 0.1) is 23.7 Å². The molecule has 1 aromatic rings. The maximum Gasteiger partial charge on any atom is 0.255 e. The average Bonchev–Trinajstić information content (AvgIpc) is 2.69. The number of aromatic nitrogens is 2. The minimum absolute atomic E-state index is 0.0857. The van der Waals surface area contributed by atoms with Crippen LogP contribution in [0.2, 0.25) is 0 Å². The molecule has 0 aromatic carbocycles. The summed E-state index contributed by atoms with van der Waals surface area (Å²) in [5.41, 5.74) is 1.39. The maximum atomic E-state index is 12.0. The van der Waals surface area contributed by atoms with E-state index in [1.807, 2.05) is 13.8 Å². The highest BCUT2D eigenvalue weighted by Gasteiger charge is 2.17. The van der Waals surface area contributed by atoms with Crippen LogP contribution in [0.4, 0.5) is 0 Å². The van der Waals surface area contributed by atoms with Crippen LogP contribution in [0.3, 0.4) is 0 Å². The quantitative estimate of drug-likeness (QED) is 0.837. The molecule has 1 unspecified atom stereocenters. The van der Waals surface area contributed by atoms with Gasteiger partial charge in [-0.15, -0.1) is 0 Å². The molecule has 0 bridgehead atoms. The van der Waals surface area contributed by atoms with Crippen molar-refractivity contribution in [2.24, 2.45) is 7.05 Å². The van der Waals surface area contributed by atoms with Crippen LogP contribution in [-0.4, -0.2) is 21.7 Å². The Hall–Kier alpha value is -1.83. The van der Waals surface area contributed by atoms with E-state index in [2.05, 4.69) is 16.5 Å². The Balaban J connectivity index is 2.78. The molecule has 17 heavy (non-hydrogen) atoms. The predicted molar refractivity (Wildman–Crippen MR) is 64.4 cm³/mol. The molecule has 92 valence electrons. The first-order valence-electron chi connectivity index (χ1n) is 5.82. The van der Waals surface area contributed by atoms with Crippen molar-refractivity contribution in [3.63, 3.8) is 0 Å². The van der Waals surface area contributed by atoms with Gasteiger partial charge in [-0.2, -0.15) is 10.4 Å². The maximum absolute atomic E-state index is 12.0. The van der Waals surface area contributed by atoms with Crippen molar-refractivity contribution in [2.75, 3.05) is 0 Å². The molecule has 1 aromatic heterocycles. The fourth-order valence-electron chi connectivity index (χ4n) is 1.66. The van der Waals surface area contributed by atoms with Crippen LogP contribution in [0.1, 0.15) is 42.7 Å². The van der Waals surface area contributed by atoms with Gasteiger partial charge in [0.25, 0.3) is 5.91 Å². The monoisotopic (exact) mass is 234 g/mol. The normalized spacial score (nSPS) is 11.9. The minimum Gasteiger partial charge on any atom is -0.348 e. The van der Waals surface area contributed by atoms with Gasteiger partial charge in [-0.05, 0) is 12.8 Å². The molecule has 1 heterocycles. The number of rotatable bonds is 5. The fraction of sp³-hybridized carbons (Fsp3) is 0.583. The van der Waals surface area contributed by atoms with E-state index in [0.29, 0.717) is 12.0 Å². The second-order valence-corrected chi connectivity index (χ2v) is 3.96. The van der Waals surface area contributed by atoms with Gasteiger partial charge in [-0.1, -0.05) is 13.8 Å². The highest BCUT2D eigenvalue weighted by atomic mass is 16.1. The zero-order valence-electron chi connectivity index (χ0n) is 10.5. The van der Waals surface area contributed by atoms with Gasteiger partial charge in [0.15, 0.2) is 0 Å². The Labute approximate surface area is 101 Å². The molecule has 0 fully saturated rings. The molecule has 0 aliphatic heterocycles. The number of hydrogen-bond donors (Lipinski definition) is 1. The Kier molecular flexibility index (Phi) is 4.70. The van der Waals surface area contributed by atoms with Crippen molar-refractivity contribution in [3.8, 4) is 6.07 Å². The molecule has 0 spiro atoms. The van der Waals surface area contributed by atoms with Crippen molar-refractivity contribution >= 4 is 5.91 Å². The van der Waals surface area contributed by atoms with Crippen LogP contribution < -0.4 is 5.32 Å². The zero-order valence-corrected chi connectivity index (χ0v) is 10.5. The number of nitrogens with one attached hydrogen (secondary N) is 1. The number of hydrogen-bond acceptors (Lipinski definition) is 3. The van der Waals surface area contributed by atoms with Gasteiger partial charge in [-0.3, -0.25) is 9.48 Å². The van der Waals surface area contributed by atoms with E-state index < -0.39 is 0 Å². The summed E-state index contributed by atoms with van der Waals surface area (Å²) in [7, 11) is 1.79. The SMILES string of the molecule is CCc1nn(C)cc1C(=O)NC(CC)CC#N. The molecule has 5 nitrogen and oxygen atoms in total. The lowest BCUT2D eigenvalue weighted by Crippen LogP contribution is -2.34. The van der Waals surface area contributed by atoms with Crippen molar-refractivity contribution in [1.82, 2.24) is 15.1 Å². The second kappa shape index (κ2) is 6.04. The van der Waals surface area contributed by atoms with Crippen LogP contribution in [0, 0.1) is 11.3 Å². The Morgan fingerprint density at radius 2 is 2.35 bits per heavy atom. The summed E-state index contributed by atoms with van der Waals surface area (Å²) in [6, 6.07) is 1.99. The van der Waals surface area contributed by atoms with Crippen LogP contribution in [0.5, 0.6) is 0 Å². The molecular formula is C12H18N4O. The van der Waals surface area contributed by atoms with Crippen molar-refractivity contribution in [2.45, 2.75) is 39.2 Å². The molecule has 0 saturated carbocycles. The summed E-state index contributed by atoms with van der Waals surface area (Å²) in [5, 5.41) is 15.7. The predicted octanol–water partition coefficient (Wildman–Crippen LogP) is 1.40. The lowest BCUT2D eigenvalue weighted by atomic mass is 10.1. The average molecular weight is 234 g/mol. The van der Waals surface area contributed by atoms with E-state index in [1.165, 1.54) is 0 Å².